The van der Waals surface area contributed by atoms with Crippen LogP contribution in [0.3, 0.4) is 0 Å². The first-order valence-electron chi connectivity index (χ1n) is 2.90. The van der Waals surface area contributed by atoms with Gasteiger partial charge in [0.15, 0.2) is 0 Å². The second-order valence-corrected chi connectivity index (χ2v) is 5.94. The molecule has 3 rings (SSSR count). The van der Waals surface area contributed by atoms with Gasteiger partial charge in [0.05, 0.1) is 6.67 Å². The van der Waals surface area contributed by atoms with E-state index in [1.54, 1.807) is 0 Å². The van der Waals surface area contributed by atoms with Gasteiger partial charge < -0.3 is 0 Å². The molecule has 1 spiro atoms. The minimum absolute atomic E-state index is 0.236. The normalized spacial score (nSPS) is 75.1. The summed E-state index contributed by atoms with van der Waals surface area (Å²) in [5, 5.41) is 0.973. The van der Waals surface area contributed by atoms with E-state index in [0.717, 1.165) is 12.0 Å². The summed E-state index contributed by atoms with van der Waals surface area (Å²) in [6.45, 7) is 1.09. The first-order valence-corrected chi connectivity index (χ1v) is 4.68. The molecule has 0 aromatic carbocycles. The summed E-state index contributed by atoms with van der Waals surface area (Å²) in [6, 6.07) is 0. The zero-order valence-corrected chi connectivity index (χ0v) is 5.61. The third-order valence-electron chi connectivity index (χ3n) is 2.25. The molecule has 0 saturated carbocycles. The van der Waals surface area contributed by atoms with E-state index >= 15 is 0 Å². The van der Waals surface area contributed by atoms with E-state index in [0.29, 0.717) is 0 Å². The SMILES string of the molecule is CN1CNN2C3CS312. The number of hydrogen-bond acceptors (Lipinski definition) is 3. The molecule has 1 N–H and O–H groups in total. The van der Waals surface area contributed by atoms with Gasteiger partial charge in [0.2, 0.25) is 0 Å². The predicted octanol–water partition coefficient (Wildman–Crippen LogP) is -0.316. The average molecular weight is 131 g/mol. The van der Waals surface area contributed by atoms with Crippen molar-refractivity contribution in [1.82, 2.24) is 14.1 Å². The molecule has 3 aliphatic heterocycles. The maximum Gasteiger partial charge on any atom is 0.100 e. The van der Waals surface area contributed by atoms with Gasteiger partial charge in [-0.1, -0.05) is 10.4 Å². The molecular weight excluding hydrogens is 122 g/mol. The number of hydrogen-bond donors (Lipinski definition) is 1. The molecule has 0 bridgehead atoms. The van der Waals surface area contributed by atoms with Crippen LogP contribution >= 0.6 is 10.4 Å². The number of hydrazine groups is 1. The van der Waals surface area contributed by atoms with Crippen LogP contribution in [-0.2, 0) is 0 Å². The van der Waals surface area contributed by atoms with Crippen LogP contribution in [0.15, 0.2) is 0 Å². The molecule has 4 heteroatoms. The fourth-order valence-corrected chi connectivity index (χ4v) is 4.85. The second kappa shape index (κ2) is 0.844. The third-order valence-corrected chi connectivity index (χ3v) is 5.94. The maximum atomic E-state index is 3.33. The first kappa shape index (κ1) is 4.11. The lowest BCUT2D eigenvalue weighted by atomic mass is 10.8. The smallest absolute Gasteiger partial charge is 0.100 e. The van der Waals surface area contributed by atoms with Crippen molar-refractivity contribution >= 4 is 10.4 Å². The first-order chi connectivity index (χ1) is 3.86. The van der Waals surface area contributed by atoms with E-state index in [4.69, 9.17) is 0 Å². The van der Waals surface area contributed by atoms with Crippen LogP contribution in [0.5, 0.6) is 0 Å². The maximum absolute atomic E-state index is 3.33. The van der Waals surface area contributed by atoms with Gasteiger partial charge in [0.25, 0.3) is 0 Å². The molecule has 3 heterocycles. The monoisotopic (exact) mass is 131 g/mol. The molecule has 0 aromatic heterocycles. The predicted molar refractivity (Wildman–Crippen MR) is 33.9 cm³/mol. The Balaban J connectivity index is 2.02. The number of nitrogens with one attached hydrogen (secondary N) is 1. The number of nitrogens with zero attached hydrogens (tertiary/aromatic N) is 2. The Kier molecular flexibility index (Phi) is 0.434. The van der Waals surface area contributed by atoms with Crippen molar-refractivity contribution in [3.8, 4) is 0 Å². The Hall–Kier alpha value is 0.230. The van der Waals surface area contributed by atoms with Gasteiger partial charge in [0, 0.05) is 5.75 Å². The van der Waals surface area contributed by atoms with Crippen LogP contribution in [0.25, 0.3) is 0 Å². The fraction of sp³-hybridized carbons (Fsp3) is 1.00. The molecule has 3 nitrogen and oxygen atoms in total. The molecule has 3 aliphatic rings. The second-order valence-electron chi connectivity index (χ2n) is 2.61. The number of fused-ring (bicyclic) bond motifs is 1. The van der Waals surface area contributed by atoms with E-state index < -0.39 is 0 Å². The lowest BCUT2D eigenvalue weighted by Gasteiger charge is -2.12. The van der Waals surface area contributed by atoms with Gasteiger partial charge >= 0.3 is 0 Å². The van der Waals surface area contributed by atoms with Crippen molar-refractivity contribution in [3.05, 3.63) is 0 Å². The zero-order valence-electron chi connectivity index (χ0n) is 4.79. The fourth-order valence-electron chi connectivity index (χ4n) is 1.51. The van der Waals surface area contributed by atoms with Crippen molar-refractivity contribution in [2.24, 2.45) is 0 Å². The topological polar surface area (TPSA) is 18.3 Å². The lowest BCUT2D eigenvalue weighted by Crippen LogP contribution is -2.24. The largest absolute Gasteiger partial charge is 0.242 e. The Morgan fingerprint density at radius 1 is 1.75 bits per heavy atom. The molecule has 46 valence electrons. The van der Waals surface area contributed by atoms with E-state index in [1.807, 2.05) is 0 Å². The van der Waals surface area contributed by atoms with Gasteiger partial charge in [-0.25, -0.2) is 9.73 Å². The molecule has 0 aromatic rings. The van der Waals surface area contributed by atoms with Crippen LogP contribution in [0.2, 0.25) is 0 Å². The van der Waals surface area contributed by atoms with Gasteiger partial charge in [-0.2, -0.15) is 4.41 Å². The van der Waals surface area contributed by atoms with E-state index in [9.17, 15) is 0 Å². The molecule has 3 saturated heterocycles. The van der Waals surface area contributed by atoms with E-state index in [-0.39, 0.29) is 10.4 Å². The Morgan fingerprint density at radius 3 is 2.88 bits per heavy atom. The highest BCUT2D eigenvalue weighted by molar-refractivity contribution is 8.42. The lowest BCUT2D eigenvalue weighted by molar-refractivity contribution is 0.386. The van der Waals surface area contributed by atoms with Crippen LogP contribution in [0.1, 0.15) is 0 Å². The van der Waals surface area contributed by atoms with Crippen molar-refractivity contribution in [2.75, 3.05) is 19.5 Å². The molecule has 8 heavy (non-hydrogen) atoms. The Morgan fingerprint density at radius 2 is 2.62 bits per heavy atom. The van der Waals surface area contributed by atoms with Gasteiger partial charge in [-0.15, -0.1) is 0 Å². The summed E-state index contributed by atoms with van der Waals surface area (Å²) < 4.78 is 4.89. The molecule has 3 atom stereocenters. The molecular formula is C4H9N3S. The van der Waals surface area contributed by atoms with Gasteiger partial charge in [-0.05, 0) is 7.05 Å². The highest BCUT2D eigenvalue weighted by Gasteiger charge is 2.79. The summed E-state index contributed by atoms with van der Waals surface area (Å²) in [4.78, 5) is 0. The van der Waals surface area contributed by atoms with Crippen molar-refractivity contribution in [1.29, 1.82) is 0 Å². The summed E-state index contributed by atoms with van der Waals surface area (Å²) in [5.41, 5.74) is 3.33. The van der Waals surface area contributed by atoms with Crippen molar-refractivity contribution in [3.63, 3.8) is 0 Å². The van der Waals surface area contributed by atoms with Crippen LogP contribution in [0, 0.1) is 0 Å². The summed E-state index contributed by atoms with van der Waals surface area (Å²) >= 11 is 0. The summed E-state index contributed by atoms with van der Waals surface area (Å²) in [7, 11) is 1.98. The highest BCUT2D eigenvalue weighted by atomic mass is 32.3. The molecule has 0 radical (unpaired) electrons. The molecule has 0 amide bonds. The van der Waals surface area contributed by atoms with Gasteiger partial charge in [-0.3, -0.25) is 0 Å². The summed E-state index contributed by atoms with van der Waals surface area (Å²) in [6.07, 6.45) is 0. The third kappa shape index (κ3) is 0.214. The molecule has 0 aliphatic carbocycles. The van der Waals surface area contributed by atoms with Crippen LogP contribution < -0.4 is 5.43 Å². The van der Waals surface area contributed by atoms with E-state index in [1.165, 1.54) is 5.75 Å². The van der Waals surface area contributed by atoms with E-state index in [2.05, 4.69) is 21.2 Å². The average Bonchev–Trinajstić information content (AvgIpc) is 2.45. The highest BCUT2D eigenvalue weighted by Crippen LogP contribution is 2.90. The minimum Gasteiger partial charge on any atom is -0.242 e. The Bertz CT molecular complexity index is 161. The standard InChI is InChI=1S/C4H9N3S/c1-6-3-5-7-4-2-8(4,6)7/h4-5H,2-3H2,1H3. The van der Waals surface area contributed by atoms with Crippen LogP contribution in [-0.4, -0.2) is 33.6 Å². The zero-order chi connectivity index (χ0) is 5.35. The quantitative estimate of drug-likeness (QED) is 0.455. The van der Waals surface area contributed by atoms with Crippen molar-refractivity contribution in [2.45, 2.75) is 5.37 Å². The molecule has 3 fully saturated rings. The van der Waals surface area contributed by atoms with Crippen LogP contribution in [0.4, 0.5) is 0 Å². The van der Waals surface area contributed by atoms with Crippen molar-refractivity contribution < 1.29 is 0 Å². The number of rotatable bonds is 0. The molecule has 3 unspecified atom stereocenters. The summed E-state index contributed by atoms with van der Waals surface area (Å²) in [5.74, 6) is 1.48. The Labute approximate surface area is 50.2 Å². The minimum atomic E-state index is -0.236. The van der Waals surface area contributed by atoms with Gasteiger partial charge in [0.1, 0.15) is 5.37 Å².